The second-order valence-electron chi connectivity index (χ2n) is 9.02. The smallest absolute Gasteiger partial charge is 0.363 e. The Labute approximate surface area is 228 Å². The maximum Gasteiger partial charge on any atom is 0.416 e. The molecule has 0 saturated carbocycles. The number of alkyl halides is 3. The predicted molar refractivity (Wildman–Crippen MR) is 147 cm³/mol. The summed E-state index contributed by atoms with van der Waals surface area (Å²) in [5.41, 5.74) is 3.90. The van der Waals surface area contributed by atoms with Gasteiger partial charge in [0.2, 0.25) is 0 Å². The number of hydrogen-bond donors (Lipinski definition) is 1. The molecule has 4 aromatic carbocycles. The van der Waals surface area contributed by atoms with Crippen LogP contribution >= 0.6 is 23.2 Å². The first-order valence-electron chi connectivity index (χ1n) is 11.9. The highest BCUT2D eigenvalue weighted by Gasteiger charge is 2.30. The molecule has 1 N–H and O–H groups in total. The highest BCUT2D eigenvalue weighted by Crippen LogP contribution is 2.36. The predicted octanol–water partition coefficient (Wildman–Crippen LogP) is 9.31. The van der Waals surface area contributed by atoms with Crippen molar-refractivity contribution in [1.29, 1.82) is 0 Å². The van der Waals surface area contributed by atoms with Gasteiger partial charge in [-0.3, -0.25) is 0 Å². The fourth-order valence-electron chi connectivity index (χ4n) is 4.51. The minimum atomic E-state index is -4.38. The monoisotopic (exact) mass is 551 g/mol. The average molecular weight is 552 g/mol. The quantitative estimate of drug-likeness (QED) is 0.213. The molecule has 3 nitrogen and oxygen atoms in total. The van der Waals surface area contributed by atoms with Crippen LogP contribution in [0.4, 0.5) is 19.0 Å². The van der Waals surface area contributed by atoms with Crippen molar-refractivity contribution in [1.82, 2.24) is 9.97 Å². The number of hydrogen-bond acceptors (Lipinski definition) is 3. The van der Waals surface area contributed by atoms with Gasteiger partial charge in [-0.2, -0.15) is 13.2 Å². The van der Waals surface area contributed by atoms with Gasteiger partial charge >= 0.3 is 6.18 Å². The number of rotatable bonds is 6. The first kappa shape index (κ1) is 26.0. The average Bonchev–Trinajstić information content (AvgIpc) is 2.91. The molecule has 0 aliphatic carbocycles. The van der Waals surface area contributed by atoms with E-state index in [1.54, 1.807) is 0 Å². The number of nitrogens with one attached hydrogen (secondary N) is 1. The lowest BCUT2D eigenvalue weighted by Crippen LogP contribution is -2.10. The van der Waals surface area contributed by atoms with Gasteiger partial charge < -0.3 is 5.32 Å². The SMILES string of the molecule is CC(Nc1ncnc2ccc(C(c3ccc(Cl)cc3)c3ccc(Cl)cc3)cc12)c1ccc(C(F)(F)F)cc1. The zero-order valence-electron chi connectivity index (χ0n) is 20.2. The second-order valence-corrected chi connectivity index (χ2v) is 9.89. The normalized spacial score (nSPS) is 12.6. The van der Waals surface area contributed by atoms with Crippen molar-refractivity contribution in [2.45, 2.75) is 25.1 Å². The van der Waals surface area contributed by atoms with Crippen molar-refractivity contribution in [3.8, 4) is 0 Å². The molecule has 1 unspecified atom stereocenters. The highest BCUT2D eigenvalue weighted by molar-refractivity contribution is 6.30. The lowest BCUT2D eigenvalue weighted by molar-refractivity contribution is -0.137. The third kappa shape index (κ3) is 5.62. The van der Waals surface area contributed by atoms with Crippen LogP contribution in [-0.4, -0.2) is 9.97 Å². The van der Waals surface area contributed by atoms with Crippen molar-refractivity contribution >= 4 is 39.9 Å². The van der Waals surface area contributed by atoms with Crippen LogP contribution in [0.1, 0.15) is 46.7 Å². The third-order valence-corrected chi connectivity index (χ3v) is 6.99. The van der Waals surface area contributed by atoms with Crippen LogP contribution in [0.2, 0.25) is 10.0 Å². The second kappa shape index (κ2) is 10.6. The van der Waals surface area contributed by atoms with Crippen molar-refractivity contribution < 1.29 is 13.2 Å². The molecule has 0 aliphatic heterocycles. The number of aromatic nitrogens is 2. The van der Waals surface area contributed by atoms with Gasteiger partial charge in [0, 0.05) is 27.4 Å². The number of halogens is 5. The maximum absolute atomic E-state index is 13.0. The number of anilines is 1. The van der Waals surface area contributed by atoms with E-state index in [-0.39, 0.29) is 12.0 Å². The van der Waals surface area contributed by atoms with Gasteiger partial charge in [0.15, 0.2) is 0 Å². The molecule has 5 aromatic rings. The summed E-state index contributed by atoms with van der Waals surface area (Å²) in [6.45, 7) is 1.88. The molecule has 8 heteroatoms. The molecule has 1 atom stereocenters. The van der Waals surface area contributed by atoms with Crippen LogP contribution in [0.15, 0.2) is 97.3 Å². The molecule has 0 radical (unpaired) electrons. The largest absolute Gasteiger partial charge is 0.416 e. The fraction of sp³-hybridized carbons (Fsp3) is 0.133. The van der Waals surface area contributed by atoms with Gasteiger partial charge in [0.05, 0.1) is 11.1 Å². The van der Waals surface area contributed by atoms with Crippen molar-refractivity contribution in [2.24, 2.45) is 0 Å². The van der Waals surface area contributed by atoms with E-state index in [2.05, 4.69) is 15.3 Å². The lowest BCUT2D eigenvalue weighted by atomic mass is 9.84. The van der Waals surface area contributed by atoms with Gasteiger partial charge in [0.25, 0.3) is 0 Å². The van der Waals surface area contributed by atoms with E-state index in [4.69, 9.17) is 23.2 Å². The van der Waals surface area contributed by atoms with Crippen LogP contribution in [-0.2, 0) is 6.18 Å². The minimum Gasteiger partial charge on any atom is -0.363 e. The van der Waals surface area contributed by atoms with Gasteiger partial charge in [-0.1, -0.05) is 65.7 Å². The Morgan fingerprint density at radius 1 is 0.684 bits per heavy atom. The molecule has 5 rings (SSSR count). The summed E-state index contributed by atoms with van der Waals surface area (Å²) in [5.74, 6) is 0.490. The first-order valence-corrected chi connectivity index (χ1v) is 12.6. The molecule has 0 fully saturated rings. The van der Waals surface area contributed by atoms with Crippen LogP contribution in [0.3, 0.4) is 0 Å². The molecule has 0 bridgehead atoms. The molecule has 192 valence electrons. The summed E-state index contributed by atoms with van der Waals surface area (Å²) in [6.07, 6.45) is -2.90. The van der Waals surface area contributed by atoms with E-state index in [1.807, 2.05) is 73.7 Å². The molecular weight excluding hydrogens is 530 g/mol. The Hall–Kier alpha value is -3.61. The Kier molecular flexibility index (Phi) is 7.28. The zero-order chi connectivity index (χ0) is 26.9. The van der Waals surface area contributed by atoms with E-state index >= 15 is 0 Å². The van der Waals surface area contributed by atoms with Gasteiger partial charge in [-0.05, 0) is 77.7 Å². The topological polar surface area (TPSA) is 37.8 Å². The maximum atomic E-state index is 13.0. The lowest BCUT2D eigenvalue weighted by Gasteiger charge is -2.21. The van der Waals surface area contributed by atoms with Gasteiger partial charge in [-0.15, -0.1) is 0 Å². The summed E-state index contributed by atoms with van der Waals surface area (Å²) in [4.78, 5) is 8.88. The molecule has 38 heavy (non-hydrogen) atoms. The Balaban J connectivity index is 1.53. The van der Waals surface area contributed by atoms with Crippen molar-refractivity contribution in [3.63, 3.8) is 0 Å². The Bertz CT molecular complexity index is 1510. The molecule has 1 heterocycles. The highest BCUT2D eigenvalue weighted by atomic mass is 35.5. The zero-order valence-corrected chi connectivity index (χ0v) is 21.7. The summed E-state index contributed by atoms with van der Waals surface area (Å²) >= 11 is 12.3. The van der Waals surface area contributed by atoms with Crippen LogP contribution in [0.5, 0.6) is 0 Å². The number of nitrogens with zero attached hydrogens (tertiary/aromatic N) is 2. The summed E-state index contributed by atoms with van der Waals surface area (Å²) in [6, 6.07) is 26.3. The van der Waals surface area contributed by atoms with Crippen molar-refractivity contribution in [3.05, 3.63) is 135 Å². The summed E-state index contributed by atoms with van der Waals surface area (Å²) < 4.78 is 39.0. The van der Waals surface area contributed by atoms with Crippen LogP contribution < -0.4 is 5.32 Å². The van der Waals surface area contributed by atoms with Crippen LogP contribution in [0, 0.1) is 0 Å². The third-order valence-electron chi connectivity index (χ3n) is 6.49. The number of fused-ring (bicyclic) bond motifs is 1. The minimum absolute atomic E-state index is 0.102. The molecule has 1 aromatic heterocycles. The molecule has 0 amide bonds. The molecular formula is C30H22Cl2F3N3. The van der Waals surface area contributed by atoms with Crippen LogP contribution in [0.25, 0.3) is 10.9 Å². The fourth-order valence-corrected chi connectivity index (χ4v) is 4.76. The van der Waals surface area contributed by atoms with E-state index in [9.17, 15) is 13.2 Å². The van der Waals surface area contributed by atoms with E-state index in [0.717, 1.165) is 39.7 Å². The summed E-state index contributed by atoms with van der Waals surface area (Å²) in [5, 5.41) is 5.46. The van der Waals surface area contributed by atoms with Gasteiger partial charge in [-0.25, -0.2) is 9.97 Å². The molecule has 0 spiro atoms. The van der Waals surface area contributed by atoms with E-state index in [1.165, 1.54) is 18.5 Å². The van der Waals surface area contributed by atoms with Crippen molar-refractivity contribution in [2.75, 3.05) is 5.32 Å². The van der Waals surface area contributed by atoms with E-state index < -0.39 is 11.7 Å². The Morgan fingerprint density at radius 3 is 1.76 bits per heavy atom. The Morgan fingerprint density at radius 2 is 1.21 bits per heavy atom. The number of benzene rings is 4. The summed E-state index contributed by atoms with van der Waals surface area (Å²) in [7, 11) is 0. The first-order chi connectivity index (χ1) is 18.2. The standard InChI is InChI=1S/C30H22Cl2F3N3/c1-18(19-2-9-23(10-3-19)30(33,34)35)38-29-26-16-22(8-15-27(26)36-17-37-29)28(20-4-11-24(31)12-5-20)21-6-13-25(32)14-7-21/h2-18,28H,1H3,(H,36,37,38). The molecule has 0 aliphatic rings. The van der Waals surface area contributed by atoms with Gasteiger partial charge in [0.1, 0.15) is 12.1 Å². The van der Waals surface area contributed by atoms with E-state index in [0.29, 0.717) is 21.4 Å². The molecule has 0 saturated heterocycles.